The molecule has 4 nitrogen and oxygen atoms in total. The molecule has 0 heterocycles. The molecule has 118 valence electrons. The molecule has 22 heavy (non-hydrogen) atoms. The largest absolute Gasteiger partial charge is 0.497 e. The molecule has 0 unspecified atom stereocenters. The smallest absolute Gasteiger partial charge is 0.414 e. The van der Waals surface area contributed by atoms with Gasteiger partial charge in [0.15, 0.2) is 0 Å². The second kappa shape index (κ2) is 6.32. The lowest BCUT2D eigenvalue weighted by Gasteiger charge is -2.25. The highest BCUT2D eigenvalue weighted by atomic mass is 127. The Hall–Kier alpha value is -1.50. The van der Waals surface area contributed by atoms with Crippen LogP contribution in [0.4, 0.5) is 10.5 Å². The average Bonchev–Trinajstić information content (AvgIpc) is 2.44. The van der Waals surface area contributed by atoms with Gasteiger partial charge in [-0.15, -0.1) is 0 Å². The summed E-state index contributed by atoms with van der Waals surface area (Å²) in [4.78, 5) is 13.8. The van der Waals surface area contributed by atoms with E-state index in [1.54, 1.807) is 14.2 Å². The van der Waals surface area contributed by atoms with Crippen LogP contribution in [0.5, 0.6) is 5.75 Å². The molecule has 0 aliphatic rings. The molecule has 0 atom stereocenters. The number of carbonyl (C=O) groups is 1. The van der Waals surface area contributed by atoms with Crippen LogP contribution in [0.15, 0.2) is 30.3 Å². The fourth-order valence-electron chi connectivity index (χ4n) is 2.12. The van der Waals surface area contributed by atoms with Crippen molar-refractivity contribution < 1.29 is 14.3 Å². The number of carbonyl (C=O) groups excluding carboxylic acids is 1. The van der Waals surface area contributed by atoms with Crippen molar-refractivity contribution in [1.29, 1.82) is 0 Å². The van der Waals surface area contributed by atoms with Crippen LogP contribution in [-0.2, 0) is 4.74 Å². The molecule has 2 aromatic rings. The summed E-state index contributed by atoms with van der Waals surface area (Å²) in [7, 11) is 3.35. The van der Waals surface area contributed by atoms with E-state index in [1.807, 2.05) is 51.1 Å². The van der Waals surface area contributed by atoms with Crippen molar-refractivity contribution >= 4 is 45.1 Å². The molecule has 0 aliphatic heterocycles. The maximum Gasteiger partial charge on any atom is 0.414 e. The van der Waals surface area contributed by atoms with Gasteiger partial charge in [-0.25, -0.2) is 4.79 Å². The maximum absolute atomic E-state index is 12.3. The lowest BCUT2D eigenvalue weighted by molar-refractivity contribution is 0.0590. The Kier molecular flexibility index (Phi) is 4.84. The second-order valence-corrected chi connectivity index (χ2v) is 7.18. The number of nitrogens with zero attached hydrogens (tertiary/aromatic N) is 1. The summed E-state index contributed by atoms with van der Waals surface area (Å²) >= 11 is 2.29. The molecule has 0 saturated heterocycles. The van der Waals surface area contributed by atoms with Crippen molar-refractivity contribution in [2.75, 3.05) is 19.1 Å². The summed E-state index contributed by atoms with van der Waals surface area (Å²) in [5.41, 5.74) is 0.269. The van der Waals surface area contributed by atoms with Crippen LogP contribution in [0.1, 0.15) is 20.8 Å². The number of benzene rings is 2. The van der Waals surface area contributed by atoms with Crippen LogP contribution in [0.3, 0.4) is 0 Å². The zero-order chi connectivity index (χ0) is 16.5. The van der Waals surface area contributed by atoms with Crippen molar-refractivity contribution in [2.24, 2.45) is 0 Å². The molecule has 0 spiro atoms. The van der Waals surface area contributed by atoms with E-state index in [0.717, 1.165) is 25.8 Å². The summed E-state index contributed by atoms with van der Waals surface area (Å²) in [5.74, 6) is 0.758. The van der Waals surface area contributed by atoms with Gasteiger partial charge in [-0.05, 0) is 79.1 Å². The average molecular weight is 413 g/mol. The van der Waals surface area contributed by atoms with Gasteiger partial charge in [0.05, 0.1) is 12.8 Å². The predicted octanol–water partition coefficient (Wildman–Crippen LogP) is 4.82. The first kappa shape index (κ1) is 16.9. The normalized spacial score (nSPS) is 11.4. The van der Waals surface area contributed by atoms with Gasteiger partial charge in [0, 0.05) is 16.0 Å². The van der Waals surface area contributed by atoms with Gasteiger partial charge in [0.25, 0.3) is 0 Å². The summed E-state index contributed by atoms with van der Waals surface area (Å²) in [6.07, 6.45) is -0.377. The Morgan fingerprint density at radius 3 is 2.41 bits per heavy atom. The van der Waals surface area contributed by atoms with Crippen LogP contribution in [0.25, 0.3) is 10.8 Å². The highest BCUT2D eigenvalue weighted by Gasteiger charge is 2.22. The van der Waals surface area contributed by atoms with Gasteiger partial charge >= 0.3 is 6.09 Å². The third kappa shape index (κ3) is 3.63. The molecule has 1 amide bonds. The monoisotopic (exact) mass is 413 g/mol. The molecule has 5 heteroatoms. The Morgan fingerprint density at radius 2 is 1.82 bits per heavy atom. The molecule has 0 aliphatic carbocycles. The quantitative estimate of drug-likeness (QED) is 0.663. The number of rotatable bonds is 2. The topological polar surface area (TPSA) is 38.8 Å². The molecule has 0 aromatic heterocycles. The van der Waals surface area contributed by atoms with Crippen LogP contribution < -0.4 is 9.64 Å². The molecular weight excluding hydrogens is 393 g/mol. The molecule has 2 rings (SSSR count). The van der Waals surface area contributed by atoms with Crippen molar-refractivity contribution in [2.45, 2.75) is 26.4 Å². The zero-order valence-corrected chi connectivity index (χ0v) is 15.6. The second-order valence-electron chi connectivity index (χ2n) is 6.02. The Morgan fingerprint density at radius 1 is 1.14 bits per heavy atom. The summed E-state index contributed by atoms with van der Waals surface area (Å²) < 4.78 is 11.9. The van der Waals surface area contributed by atoms with Crippen molar-refractivity contribution in [3.63, 3.8) is 0 Å². The van der Waals surface area contributed by atoms with Crippen LogP contribution in [0.2, 0.25) is 0 Å². The molecule has 0 bridgehead atoms. The van der Waals surface area contributed by atoms with Gasteiger partial charge in [-0.1, -0.05) is 0 Å². The SMILES string of the molecule is COc1ccc2c(I)ccc(N(C)C(=O)OC(C)(C)C)c2c1. The first-order valence-corrected chi connectivity index (χ1v) is 8.04. The number of hydrogen-bond acceptors (Lipinski definition) is 3. The van der Waals surface area contributed by atoms with Gasteiger partial charge in [0.1, 0.15) is 11.4 Å². The number of anilines is 1. The van der Waals surface area contributed by atoms with Gasteiger partial charge < -0.3 is 9.47 Å². The van der Waals surface area contributed by atoms with E-state index in [2.05, 4.69) is 22.6 Å². The first-order valence-electron chi connectivity index (χ1n) is 6.96. The number of halogens is 1. The van der Waals surface area contributed by atoms with Crippen LogP contribution in [0, 0.1) is 3.57 Å². The maximum atomic E-state index is 12.3. The molecule has 2 aromatic carbocycles. The number of hydrogen-bond donors (Lipinski definition) is 0. The van der Waals surface area contributed by atoms with Gasteiger partial charge in [-0.3, -0.25) is 4.90 Å². The predicted molar refractivity (Wildman–Crippen MR) is 97.9 cm³/mol. The minimum absolute atomic E-state index is 0.377. The van der Waals surface area contributed by atoms with E-state index in [9.17, 15) is 4.79 Å². The first-order chi connectivity index (χ1) is 10.2. The highest BCUT2D eigenvalue weighted by molar-refractivity contribution is 14.1. The van der Waals surface area contributed by atoms with E-state index in [4.69, 9.17) is 9.47 Å². The van der Waals surface area contributed by atoms with E-state index >= 15 is 0 Å². The van der Waals surface area contributed by atoms with Crippen molar-refractivity contribution in [3.05, 3.63) is 33.9 Å². The standard InChI is InChI=1S/C17H20INO3/c1-17(2,3)22-16(20)19(4)15-9-8-14(18)12-7-6-11(21-5)10-13(12)15/h6-10H,1-5H3. The van der Waals surface area contributed by atoms with E-state index in [0.29, 0.717) is 0 Å². The lowest BCUT2D eigenvalue weighted by Crippen LogP contribution is -2.34. The zero-order valence-electron chi connectivity index (χ0n) is 13.4. The fraction of sp³-hybridized carbons (Fsp3) is 0.353. The minimum atomic E-state index is -0.526. The van der Waals surface area contributed by atoms with E-state index in [-0.39, 0.29) is 6.09 Å². The van der Waals surface area contributed by atoms with Gasteiger partial charge in [-0.2, -0.15) is 0 Å². The molecular formula is C17H20INO3. The van der Waals surface area contributed by atoms with Crippen molar-refractivity contribution in [1.82, 2.24) is 0 Å². The number of ether oxygens (including phenoxy) is 2. The molecule has 0 radical (unpaired) electrons. The van der Waals surface area contributed by atoms with Crippen LogP contribution in [-0.4, -0.2) is 25.9 Å². The molecule has 0 saturated carbocycles. The number of methoxy groups -OCH3 is 1. The summed E-state index contributed by atoms with van der Waals surface area (Å²) in [6.45, 7) is 5.56. The number of fused-ring (bicyclic) bond motifs is 1. The van der Waals surface area contributed by atoms with E-state index in [1.165, 1.54) is 4.90 Å². The minimum Gasteiger partial charge on any atom is -0.497 e. The summed E-state index contributed by atoms with van der Waals surface area (Å²) in [5, 5.41) is 2.04. The Labute approximate surface area is 144 Å². The summed E-state index contributed by atoms with van der Waals surface area (Å²) in [6, 6.07) is 9.77. The highest BCUT2D eigenvalue weighted by Crippen LogP contribution is 2.33. The molecule has 0 fully saturated rings. The van der Waals surface area contributed by atoms with Crippen molar-refractivity contribution in [3.8, 4) is 5.75 Å². The molecule has 0 N–H and O–H groups in total. The Balaban J connectivity index is 2.50. The third-order valence-corrected chi connectivity index (χ3v) is 4.12. The third-order valence-electron chi connectivity index (χ3n) is 3.18. The number of amides is 1. The van der Waals surface area contributed by atoms with Crippen LogP contribution >= 0.6 is 22.6 Å². The Bertz CT molecular complexity index is 707. The fourth-order valence-corrected chi connectivity index (χ4v) is 2.77. The van der Waals surface area contributed by atoms with Gasteiger partial charge in [0.2, 0.25) is 0 Å². The van der Waals surface area contributed by atoms with E-state index < -0.39 is 5.60 Å². The lowest BCUT2D eigenvalue weighted by atomic mass is 10.1.